The van der Waals surface area contributed by atoms with Crippen molar-refractivity contribution in [3.63, 3.8) is 0 Å². The van der Waals surface area contributed by atoms with Gasteiger partial charge in [-0.3, -0.25) is 19.3 Å². The number of benzene rings is 1. The molecule has 2 N–H and O–H groups in total. The molecule has 6 nitrogen and oxygen atoms in total. The molecule has 0 aromatic heterocycles. The minimum absolute atomic E-state index is 0.140. The molecule has 1 atom stereocenters. The number of likely N-dealkylation sites (tertiary alicyclic amines) is 1. The van der Waals surface area contributed by atoms with E-state index in [2.05, 4.69) is 10.6 Å². The van der Waals surface area contributed by atoms with E-state index in [9.17, 15) is 14.4 Å². The van der Waals surface area contributed by atoms with Crippen LogP contribution in [0.15, 0.2) is 24.3 Å². The van der Waals surface area contributed by atoms with Crippen LogP contribution in [0.1, 0.15) is 13.3 Å². The summed E-state index contributed by atoms with van der Waals surface area (Å²) in [5, 5.41) is 5.66. The minimum Gasteiger partial charge on any atom is -0.373 e. The molecule has 0 unspecified atom stereocenters. The highest BCUT2D eigenvalue weighted by molar-refractivity contribution is 6.06. The molecular weight excluding hydrogens is 246 g/mol. The lowest BCUT2D eigenvalue weighted by Gasteiger charge is -2.12. The van der Waals surface area contributed by atoms with Gasteiger partial charge in [0.2, 0.25) is 11.8 Å². The van der Waals surface area contributed by atoms with E-state index in [0.29, 0.717) is 5.69 Å². The van der Waals surface area contributed by atoms with Gasteiger partial charge in [-0.25, -0.2) is 0 Å². The van der Waals surface area contributed by atoms with Crippen molar-refractivity contribution in [2.24, 2.45) is 0 Å². The van der Waals surface area contributed by atoms with Crippen molar-refractivity contribution in [2.45, 2.75) is 19.4 Å². The highest BCUT2D eigenvalue weighted by Crippen LogP contribution is 2.19. The largest absolute Gasteiger partial charge is 0.373 e. The van der Waals surface area contributed by atoms with Gasteiger partial charge in [0.15, 0.2) is 0 Å². The quantitative estimate of drug-likeness (QED) is 0.789. The second-order valence-corrected chi connectivity index (χ2v) is 4.45. The maximum atomic E-state index is 11.7. The third-order valence-corrected chi connectivity index (χ3v) is 2.93. The Labute approximate surface area is 110 Å². The third kappa shape index (κ3) is 2.90. The number of imide groups is 1. The van der Waals surface area contributed by atoms with Crippen LogP contribution in [0.4, 0.5) is 11.4 Å². The fourth-order valence-corrected chi connectivity index (χ4v) is 1.92. The lowest BCUT2D eigenvalue weighted by atomic mass is 10.2. The summed E-state index contributed by atoms with van der Waals surface area (Å²) in [6.45, 7) is 1.44. The van der Waals surface area contributed by atoms with Crippen LogP contribution in [0.2, 0.25) is 0 Å². The van der Waals surface area contributed by atoms with Crippen molar-refractivity contribution in [2.75, 3.05) is 17.7 Å². The SMILES string of the molecule is CC(=O)Nc1ccc(N[C@H]2CC(=O)N(C)C2=O)cc1. The van der Waals surface area contributed by atoms with Gasteiger partial charge in [-0.15, -0.1) is 0 Å². The first kappa shape index (κ1) is 13.1. The summed E-state index contributed by atoms with van der Waals surface area (Å²) >= 11 is 0. The molecule has 1 aromatic rings. The molecule has 0 saturated carbocycles. The van der Waals surface area contributed by atoms with Crippen LogP contribution in [-0.4, -0.2) is 35.7 Å². The molecule has 2 rings (SSSR count). The van der Waals surface area contributed by atoms with E-state index in [0.717, 1.165) is 10.6 Å². The van der Waals surface area contributed by atoms with Gasteiger partial charge in [0.25, 0.3) is 5.91 Å². The summed E-state index contributed by atoms with van der Waals surface area (Å²) < 4.78 is 0. The standard InChI is InChI=1S/C13H15N3O3/c1-8(17)14-9-3-5-10(6-4-9)15-11-7-12(18)16(2)13(11)19/h3-6,11,15H,7H2,1-2H3,(H,14,17)/t11-/m0/s1. The molecule has 0 aliphatic carbocycles. The number of carbonyl (C=O) groups is 3. The first-order valence-corrected chi connectivity index (χ1v) is 5.92. The number of rotatable bonds is 3. The van der Waals surface area contributed by atoms with Crippen molar-refractivity contribution in [3.8, 4) is 0 Å². The summed E-state index contributed by atoms with van der Waals surface area (Å²) in [4.78, 5) is 35.1. The number of nitrogens with zero attached hydrogens (tertiary/aromatic N) is 1. The van der Waals surface area contributed by atoms with E-state index in [1.54, 1.807) is 24.3 Å². The molecule has 1 aliphatic heterocycles. The van der Waals surface area contributed by atoms with Crippen molar-refractivity contribution in [3.05, 3.63) is 24.3 Å². The van der Waals surface area contributed by atoms with E-state index in [4.69, 9.17) is 0 Å². The van der Waals surface area contributed by atoms with Crippen LogP contribution < -0.4 is 10.6 Å². The predicted octanol–water partition coefficient (Wildman–Crippen LogP) is 0.814. The topological polar surface area (TPSA) is 78.5 Å². The van der Waals surface area contributed by atoms with Crippen LogP contribution in [-0.2, 0) is 14.4 Å². The Morgan fingerprint density at radius 3 is 2.26 bits per heavy atom. The van der Waals surface area contributed by atoms with E-state index in [-0.39, 0.29) is 24.1 Å². The van der Waals surface area contributed by atoms with Gasteiger partial charge in [0, 0.05) is 25.3 Å². The van der Waals surface area contributed by atoms with Gasteiger partial charge < -0.3 is 10.6 Å². The second kappa shape index (κ2) is 5.09. The average molecular weight is 261 g/mol. The summed E-state index contributed by atoms with van der Waals surface area (Å²) in [6.07, 6.45) is 0.169. The Morgan fingerprint density at radius 1 is 1.21 bits per heavy atom. The van der Waals surface area contributed by atoms with E-state index in [1.807, 2.05) is 0 Å². The van der Waals surface area contributed by atoms with Crippen molar-refractivity contribution < 1.29 is 14.4 Å². The van der Waals surface area contributed by atoms with Gasteiger partial charge in [0.1, 0.15) is 6.04 Å². The molecule has 1 aromatic carbocycles. The zero-order chi connectivity index (χ0) is 14.0. The van der Waals surface area contributed by atoms with E-state index < -0.39 is 6.04 Å². The van der Waals surface area contributed by atoms with Crippen LogP contribution >= 0.6 is 0 Å². The molecule has 1 saturated heterocycles. The Kier molecular flexibility index (Phi) is 3.50. The van der Waals surface area contributed by atoms with E-state index in [1.165, 1.54) is 14.0 Å². The molecule has 0 bridgehead atoms. The lowest BCUT2D eigenvalue weighted by Crippen LogP contribution is -2.31. The molecule has 0 spiro atoms. The molecule has 0 radical (unpaired) electrons. The average Bonchev–Trinajstić information content (AvgIpc) is 2.59. The number of amides is 3. The predicted molar refractivity (Wildman–Crippen MR) is 70.6 cm³/mol. The second-order valence-electron chi connectivity index (χ2n) is 4.45. The van der Waals surface area contributed by atoms with Crippen molar-refractivity contribution >= 4 is 29.1 Å². The maximum absolute atomic E-state index is 11.7. The van der Waals surface area contributed by atoms with E-state index >= 15 is 0 Å². The van der Waals surface area contributed by atoms with Crippen LogP contribution in [0.25, 0.3) is 0 Å². The normalized spacial score (nSPS) is 18.6. The van der Waals surface area contributed by atoms with Crippen molar-refractivity contribution in [1.82, 2.24) is 4.90 Å². The van der Waals surface area contributed by atoms with Crippen LogP contribution in [0.5, 0.6) is 0 Å². The minimum atomic E-state index is -0.510. The number of hydrogen-bond donors (Lipinski definition) is 2. The molecule has 1 fully saturated rings. The number of carbonyl (C=O) groups excluding carboxylic acids is 3. The van der Waals surface area contributed by atoms with Crippen molar-refractivity contribution in [1.29, 1.82) is 0 Å². The molecule has 1 heterocycles. The Hall–Kier alpha value is -2.37. The fourth-order valence-electron chi connectivity index (χ4n) is 1.92. The van der Waals surface area contributed by atoms with Gasteiger partial charge >= 0.3 is 0 Å². The molecule has 1 aliphatic rings. The molecular formula is C13H15N3O3. The first-order valence-electron chi connectivity index (χ1n) is 5.92. The lowest BCUT2D eigenvalue weighted by molar-refractivity contribution is -0.136. The number of hydrogen-bond acceptors (Lipinski definition) is 4. The number of nitrogens with one attached hydrogen (secondary N) is 2. The van der Waals surface area contributed by atoms with Gasteiger partial charge in [-0.2, -0.15) is 0 Å². The van der Waals surface area contributed by atoms with Gasteiger partial charge in [-0.05, 0) is 24.3 Å². The molecule has 3 amide bonds. The highest BCUT2D eigenvalue weighted by Gasteiger charge is 2.35. The molecule has 6 heteroatoms. The zero-order valence-corrected chi connectivity index (χ0v) is 10.8. The molecule has 19 heavy (non-hydrogen) atoms. The summed E-state index contributed by atoms with van der Waals surface area (Å²) in [7, 11) is 1.48. The van der Waals surface area contributed by atoms with Gasteiger partial charge in [-0.1, -0.05) is 0 Å². The van der Waals surface area contributed by atoms with Gasteiger partial charge in [0.05, 0.1) is 6.42 Å². The summed E-state index contributed by atoms with van der Waals surface area (Å²) in [5.41, 5.74) is 1.42. The third-order valence-electron chi connectivity index (χ3n) is 2.93. The van der Waals surface area contributed by atoms with Crippen LogP contribution in [0, 0.1) is 0 Å². The summed E-state index contributed by atoms with van der Waals surface area (Å²) in [6, 6.07) is 6.45. The number of anilines is 2. The zero-order valence-electron chi connectivity index (χ0n) is 10.8. The Bertz CT molecular complexity index is 524. The van der Waals surface area contributed by atoms with Crippen LogP contribution in [0.3, 0.4) is 0 Å². The smallest absolute Gasteiger partial charge is 0.251 e. The Balaban J connectivity index is 2.02. The molecule has 100 valence electrons. The maximum Gasteiger partial charge on any atom is 0.251 e. The summed E-state index contributed by atoms with van der Waals surface area (Å²) in [5.74, 6) is -0.549. The number of likely N-dealkylation sites (N-methyl/N-ethyl adjacent to an activating group) is 1. The fraction of sp³-hybridized carbons (Fsp3) is 0.308. The first-order chi connectivity index (χ1) is 8.97. The Morgan fingerprint density at radius 2 is 1.79 bits per heavy atom. The highest BCUT2D eigenvalue weighted by atomic mass is 16.2. The monoisotopic (exact) mass is 261 g/mol.